The number of nitrogens with zero attached hydrogens (tertiary/aromatic N) is 2. The average molecular weight is 331 g/mol. The van der Waals surface area contributed by atoms with Gasteiger partial charge in [0.25, 0.3) is 0 Å². The largest absolute Gasteiger partial charge is 0.301 e. The zero-order chi connectivity index (χ0) is 15.5. The maximum Gasteiger partial charge on any atom is 0.234 e. The molecule has 0 atom stereocenters. The summed E-state index contributed by atoms with van der Waals surface area (Å²) in [5.74, 6) is 0.536. The number of carbonyl (C=O) groups is 1. The smallest absolute Gasteiger partial charge is 0.234 e. The normalized spacial score (nSPS) is 16.5. The molecule has 1 heterocycles. The molecule has 0 aromatic carbocycles. The summed E-state index contributed by atoms with van der Waals surface area (Å²) in [5, 5.41) is 9.76. The molecule has 1 saturated carbocycles. The van der Waals surface area contributed by atoms with Crippen LogP contribution in [0.4, 0.5) is 5.13 Å². The van der Waals surface area contributed by atoms with E-state index in [1.807, 2.05) is 0 Å². The lowest BCUT2D eigenvalue weighted by molar-refractivity contribution is -0.116. The first kappa shape index (κ1) is 16.4. The molecular formula is C13H21N3O3S2. The van der Waals surface area contributed by atoms with Gasteiger partial charge >= 0.3 is 0 Å². The molecule has 0 bridgehead atoms. The number of sulfone groups is 1. The number of nitrogens with one attached hydrogen (secondary N) is 1. The Morgan fingerprint density at radius 2 is 2.00 bits per heavy atom. The summed E-state index contributed by atoms with van der Waals surface area (Å²) in [7, 11) is -3.42. The van der Waals surface area contributed by atoms with E-state index in [0.29, 0.717) is 12.3 Å². The van der Waals surface area contributed by atoms with Gasteiger partial charge in [-0.25, -0.2) is 8.42 Å². The fraction of sp³-hybridized carbons (Fsp3) is 0.769. The summed E-state index contributed by atoms with van der Waals surface area (Å²) in [6.07, 6.45) is 6.29. The lowest BCUT2D eigenvalue weighted by Crippen LogP contribution is -2.13. The van der Waals surface area contributed by atoms with Crippen LogP contribution in [0.1, 0.15) is 52.4 Å². The van der Waals surface area contributed by atoms with Gasteiger partial charge in [-0.15, -0.1) is 10.2 Å². The highest BCUT2D eigenvalue weighted by atomic mass is 32.2. The molecule has 6 nitrogen and oxygen atoms in total. The molecule has 0 aliphatic heterocycles. The van der Waals surface area contributed by atoms with Gasteiger partial charge in [0, 0.05) is 6.42 Å². The van der Waals surface area contributed by atoms with E-state index in [-0.39, 0.29) is 15.4 Å². The minimum atomic E-state index is -3.42. The lowest BCUT2D eigenvalue weighted by Gasteiger charge is -2.07. The second kappa shape index (κ2) is 6.83. The minimum Gasteiger partial charge on any atom is -0.301 e. The van der Waals surface area contributed by atoms with Crippen molar-refractivity contribution >= 4 is 32.2 Å². The monoisotopic (exact) mass is 331 g/mol. The van der Waals surface area contributed by atoms with Crippen LogP contribution in [-0.4, -0.2) is 29.8 Å². The van der Waals surface area contributed by atoms with Crippen molar-refractivity contribution in [2.75, 3.05) is 5.32 Å². The Kier molecular flexibility index (Phi) is 5.32. The van der Waals surface area contributed by atoms with Crippen LogP contribution in [0.3, 0.4) is 0 Å². The molecule has 1 amide bonds. The summed E-state index contributed by atoms with van der Waals surface area (Å²) >= 11 is 0.912. The molecule has 1 aromatic heterocycles. The van der Waals surface area contributed by atoms with Gasteiger partial charge in [-0.05, 0) is 26.2 Å². The van der Waals surface area contributed by atoms with Crippen molar-refractivity contribution < 1.29 is 13.2 Å². The Hall–Kier alpha value is -1.02. The van der Waals surface area contributed by atoms with Crippen molar-refractivity contribution in [2.45, 2.75) is 62.0 Å². The summed E-state index contributed by atoms with van der Waals surface area (Å²) in [4.78, 5) is 11.8. The highest BCUT2D eigenvalue weighted by Crippen LogP contribution is 2.29. The third-order valence-electron chi connectivity index (χ3n) is 3.77. The molecule has 1 aromatic rings. The van der Waals surface area contributed by atoms with E-state index < -0.39 is 15.1 Å². The number of hydrogen-bond donors (Lipinski definition) is 1. The third kappa shape index (κ3) is 4.23. The van der Waals surface area contributed by atoms with Gasteiger partial charge in [0.2, 0.25) is 25.2 Å². The van der Waals surface area contributed by atoms with Crippen molar-refractivity contribution in [1.29, 1.82) is 0 Å². The Morgan fingerprint density at radius 3 is 2.62 bits per heavy atom. The van der Waals surface area contributed by atoms with Crippen LogP contribution in [0.15, 0.2) is 4.34 Å². The molecule has 0 radical (unpaired) electrons. The van der Waals surface area contributed by atoms with Crippen molar-refractivity contribution in [3.8, 4) is 0 Å². The molecule has 118 valence electrons. The van der Waals surface area contributed by atoms with E-state index in [4.69, 9.17) is 0 Å². The molecule has 1 aliphatic rings. The second-order valence-corrected chi connectivity index (χ2v) is 9.36. The predicted octanol–water partition coefficient (Wildman–Crippen LogP) is 2.63. The SMILES string of the molecule is CC(C)S(=O)(=O)c1nnc(NC(=O)CCC2CCCC2)s1. The molecule has 2 rings (SSSR count). The van der Waals surface area contributed by atoms with E-state index in [2.05, 4.69) is 15.5 Å². The molecule has 21 heavy (non-hydrogen) atoms. The van der Waals surface area contributed by atoms with Gasteiger partial charge in [0.1, 0.15) is 0 Å². The zero-order valence-electron chi connectivity index (χ0n) is 12.3. The molecule has 0 spiro atoms. The maximum atomic E-state index is 11.9. The summed E-state index contributed by atoms with van der Waals surface area (Å²) in [5.41, 5.74) is 0. The molecular weight excluding hydrogens is 310 g/mol. The van der Waals surface area contributed by atoms with Crippen molar-refractivity contribution in [3.63, 3.8) is 0 Å². The van der Waals surface area contributed by atoms with E-state index in [1.165, 1.54) is 25.7 Å². The van der Waals surface area contributed by atoms with Crippen LogP contribution in [0.2, 0.25) is 0 Å². The Labute approximate surface area is 129 Å². The maximum absolute atomic E-state index is 11.9. The Bertz CT molecular complexity index is 590. The third-order valence-corrected chi connectivity index (χ3v) is 7.16. The van der Waals surface area contributed by atoms with Crippen molar-refractivity contribution in [3.05, 3.63) is 0 Å². The molecule has 0 saturated heterocycles. The number of aromatic nitrogens is 2. The quantitative estimate of drug-likeness (QED) is 0.809. The lowest BCUT2D eigenvalue weighted by atomic mass is 10.0. The molecule has 0 unspecified atom stereocenters. The average Bonchev–Trinajstić information content (AvgIpc) is 3.07. The van der Waals surface area contributed by atoms with E-state index in [0.717, 1.165) is 17.8 Å². The van der Waals surface area contributed by atoms with Crippen LogP contribution in [-0.2, 0) is 14.6 Å². The van der Waals surface area contributed by atoms with E-state index >= 15 is 0 Å². The summed E-state index contributed by atoms with van der Waals surface area (Å²) in [6, 6.07) is 0. The predicted molar refractivity (Wildman–Crippen MR) is 82.1 cm³/mol. The van der Waals surface area contributed by atoms with Crippen LogP contribution >= 0.6 is 11.3 Å². The van der Waals surface area contributed by atoms with Gasteiger partial charge in [-0.1, -0.05) is 37.0 Å². The van der Waals surface area contributed by atoms with Crippen LogP contribution in [0.5, 0.6) is 0 Å². The zero-order valence-corrected chi connectivity index (χ0v) is 14.0. The first-order chi connectivity index (χ1) is 9.89. The summed E-state index contributed by atoms with van der Waals surface area (Å²) < 4.78 is 23.8. The van der Waals surface area contributed by atoms with Gasteiger partial charge in [-0.3, -0.25) is 4.79 Å². The Balaban J connectivity index is 1.88. The van der Waals surface area contributed by atoms with E-state index in [1.54, 1.807) is 13.8 Å². The minimum absolute atomic E-state index is 0.0383. The van der Waals surface area contributed by atoms with Crippen LogP contribution in [0, 0.1) is 5.92 Å². The fourth-order valence-corrected chi connectivity index (χ4v) is 4.72. The summed E-state index contributed by atoms with van der Waals surface area (Å²) in [6.45, 7) is 3.19. The second-order valence-electron chi connectivity index (χ2n) is 5.70. The number of anilines is 1. The van der Waals surface area contributed by atoms with Crippen molar-refractivity contribution in [1.82, 2.24) is 10.2 Å². The van der Waals surface area contributed by atoms with Gasteiger partial charge < -0.3 is 5.32 Å². The first-order valence-corrected chi connectivity index (χ1v) is 9.63. The highest BCUT2D eigenvalue weighted by molar-refractivity contribution is 7.93. The standard InChI is InChI=1S/C13H21N3O3S2/c1-9(2)21(18,19)13-16-15-12(20-13)14-11(17)8-7-10-5-3-4-6-10/h9-10H,3-8H2,1-2H3,(H,14,15,17). The van der Waals surface area contributed by atoms with E-state index in [9.17, 15) is 13.2 Å². The number of hydrogen-bond acceptors (Lipinski definition) is 6. The van der Waals surface area contributed by atoms with Crippen molar-refractivity contribution in [2.24, 2.45) is 5.92 Å². The molecule has 1 N–H and O–H groups in total. The highest BCUT2D eigenvalue weighted by Gasteiger charge is 2.24. The molecule has 8 heteroatoms. The number of amides is 1. The number of carbonyl (C=O) groups excluding carboxylic acids is 1. The Morgan fingerprint density at radius 1 is 1.33 bits per heavy atom. The topological polar surface area (TPSA) is 89.0 Å². The first-order valence-electron chi connectivity index (χ1n) is 7.27. The fourth-order valence-electron chi connectivity index (χ4n) is 2.39. The molecule has 1 fully saturated rings. The molecule has 1 aliphatic carbocycles. The van der Waals surface area contributed by atoms with Crippen LogP contribution < -0.4 is 5.32 Å². The van der Waals surface area contributed by atoms with Gasteiger partial charge in [0.15, 0.2) is 0 Å². The van der Waals surface area contributed by atoms with Crippen LogP contribution in [0.25, 0.3) is 0 Å². The van der Waals surface area contributed by atoms with Gasteiger partial charge in [0.05, 0.1) is 5.25 Å². The van der Waals surface area contributed by atoms with Gasteiger partial charge in [-0.2, -0.15) is 0 Å². The number of rotatable bonds is 6.